The van der Waals surface area contributed by atoms with Crippen molar-refractivity contribution in [1.82, 2.24) is 0 Å². The SMILES string of the molecule is CCC(C)CCCCCCCCCCCCCCCCCCCCC(=O)O[C@H](COC(=O)CCCCCCCCCCCCCC(C)C)COP(=O)(O)OC[C@@H](O)COP(=O)(O)OC[C@@H](COC(=O)CCCCCCCCC(C)C)OC(=O)CCCCCCCCCCCCCCCC(C)C. The van der Waals surface area contributed by atoms with E-state index in [1.54, 1.807) is 0 Å². The number of hydrogen-bond acceptors (Lipinski definition) is 15. The molecule has 0 aliphatic heterocycles. The molecule has 0 aromatic heterocycles. The average molecular weight is 1480 g/mol. The third-order valence-corrected chi connectivity index (χ3v) is 21.3. The van der Waals surface area contributed by atoms with E-state index >= 15 is 0 Å². The Morgan fingerprint density at radius 3 is 0.703 bits per heavy atom. The van der Waals surface area contributed by atoms with Gasteiger partial charge in [-0.1, -0.05) is 370 Å². The molecule has 0 saturated heterocycles. The number of phosphoric ester groups is 2. The number of rotatable bonds is 79. The molecule has 17 nitrogen and oxygen atoms in total. The Bertz CT molecular complexity index is 1970. The van der Waals surface area contributed by atoms with E-state index in [0.29, 0.717) is 31.6 Å². The van der Waals surface area contributed by atoms with E-state index in [4.69, 9.17) is 37.0 Å². The van der Waals surface area contributed by atoms with Gasteiger partial charge in [-0.2, -0.15) is 0 Å². The topological polar surface area (TPSA) is 237 Å². The zero-order valence-corrected chi connectivity index (χ0v) is 68.3. The molecule has 101 heavy (non-hydrogen) atoms. The van der Waals surface area contributed by atoms with E-state index in [1.165, 1.54) is 218 Å². The molecule has 0 aliphatic carbocycles. The lowest BCUT2D eigenvalue weighted by molar-refractivity contribution is -0.161. The summed E-state index contributed by atoms with van der Waals surface area (Å²) in [5, 5.41) is 10.6. The van der Waals surface area contributed by atoms with Crippen molar-refractivity contribution in [3.63, 3.8) is 0 Å². The van der Waals surface area contributed by atoms with Crippen LogP contribution in [0.4, 0.5) is 0 Å². The van der Waals surface area contributed by atoms with Gasteiger partial charge < -0.3 is 33.8 Å². The minimum atomic E-state index is -4.96. The number of esters is 4. The second-order valence-electron chi connectivity index (χ2n) is 31.2. The summed E-state index contributed by atoms with van der Waals surface area (Å²) in [4.78, 5) is 73.0. The molecule has 3 N–H and O–H groups in total. The standard InChI is InChI=1S/C82H160O17P2/c1-9-75(8)61-53-45-36-30-24-18-14-12-10-11-13-15-19-25-32-38-48-56-64-81(86)98-77(68-92-79(84)62-54-46-37-31-27-21-23-29-35-43-51-59-73(4)5)70-96-100(88,89)94-66-76(83)67-95-101(90,91)97-71-78(69-93-80(85)63-55-47-41-40-44-52-60-74(6)7)99-82(87)65-57-49-39-33-26-20-16-17-22-28-34-42-50-58-72(2)3/h72-78,83H,9-71H2,1-8H3,(H,88,89)(H,90,91)/t75?,76-,77-,78-/m1/s1. The fraction of sp³-hybridized carbons (Fsp3) is 0.951. The van der Waals surface area contributed by atoms with E-state index in [0.717, 1.165) is 114 Å². The lowest BCUT2D eigenvalue weighted by atomic mass is 9.99. The first-order valence-corrected chi connectivity index (χ1v) is 45.2. The summed E-state index contributed by atoms with van der Waals surface area (Å²) in [6, 6.07) is 0. The van der Waals surface area contributed by atoms with Gasteiger partial charge in [0.2, 0.25) is 0 Å². The maximum atomic E-state index is 13.1. The molecule has 0 aromatic rings. The van der Waals surface area contributed by atoms with Crippen LogP contribution in [0, 0.1) is 23.7 Å². The van der Waals surface area contributed by atoms with Crippen LogP contribution in [0.2, 0.25) is 0 Å². The van der Waals surface area contributed by atoms with E-state index in [1.807, 2.05) is 0 Å². The second kappa shape index (κ2) is 71.0. The maximum absolute atomic E-state index is 13.1. The highest BCUT2D eigenvalue weighted by atomic mass is 31.2. The van der Waals surface area contributed by atoms with Crippen LogP contribution in [0.1, 0.15) is 421 Å². The Morgan fingerprint density at radius 2 is 0.475 bits per heavy atom. The van der Waals surface area contributed by atoms with Crippen LogP contribution in [0.15, 0.2) is 0 Å². The van der Waals surface area contributed by atoms with Crippen LogP contribution < -0.4 is 0 Å². The Labute approximate surface area is 619 Å². The largest absolute Gasteiger partial charge is 0.472 e. The molecule has 0 bridgehead atoms. The molecule has 0 spiro atoms. The van der Waals surface area contributed by atoms with E-state index < -0.39 is 97.5 Å². The van der Waals surface area contributed by atoms with Gasteiger partial charge in [0.25, 0.3) is 0 Å². The molecule has 3 unspecified atom stereocenters. The van der Waals surface area contributed by atoms with Crippen LogP contribution in [0.5, 0.6) is 0 Å². The molecule has 0 aliphatic rings. The average Bonchev–Trinajstić information content (AvgIpc) is 0.919. The number of aliphatic hydroxyl groups is 1. The third kappa shape index (κ3) is 74.7. The molecule has 0 radical (unpaired) electrons. The van der Waals surface area contributed by atoms with Gasteiger partial charge in [0.1, 0.15) is 19.3 Å². The number of carbonyl (C=O) groups is 4. The van der Waals surface area contributed by atoms with Crippen LogP contribution in [0.25, 0.3) is 0 Å². The van der Waals surface area contributed by atoms with Crippen LogP contribution >= 0.6 is 15.6 Å². The lowest BCUT2D eigenvalue weighted by Crippen LogP contribution is -2.30. The summed E-state index contributed by atoms with van der Waals surface area (Å²) in [6.45, 7) is 14.3. The predicted octanol–water partition coefficient (Wildman–Crippen LogP) is 24.4. The van der Waals surface area contributed by atoms with Crippen molar-refractivity contribution in [2.75, 3.05) is 39.6 Å². The first-order chi connectivity index (χ1) is 48.6. The highest BCUT2D eigenvalue weighted by Crippen LogP contribution is 2.45. The first kappa shape index (κ1) is 99.1. The van der Waals surface area contributed by atoms with Crippen molar-refractivity contribution >= 4 is 39.5 Å². The van der Waals surface area contributed by atoms with Gasteiger partial charge in [0.15, 0.2) is 12.2 Å². The molecule has 0 amide bonds. The van der Waals surface area contributed by atoms with Gasteiger partial charge in [-0.3, -0.25) is 37.3 Å². The number of phosphoric acid groups is 2. The van der Waals surface area contributed by atoms with Crippen LogP contribution in [-0.4, -0.2) is 96.7 Å². The van der Waals surface area contributed by atoms with Crippen molar-refractivity contribution in [3.8, 4) is 0 Å². The number of unbranched alkanes of at least 4 members (excludes halogenated alkanes) is 44. The predicted molar refractivity (Wildman–Crippen MR) is 414 cm³/mol. The van der Waals surface area contributed by atoms with Crippen molar-refractivity contribution in [2.24, 2.45) is 23.7 Å². The first-order valence-electron chi connectivity index (χ1n) is 42.2. The summed E-state index contributed by atoms with van der Waals surface area (Å²) < 4.78 is 68.7. The third-order valence-electron chi connectivity index (χ3n) is 19.4. The number of aliphatic hydroxyl groups excluding tert-OH is 1. The summed E-state index contributed by atoms with van der Waals surface area (Å²) >= 11 is 0. The minimum Gasteiger partial charge on any atom is -0.462 e. The minimum absolute atomic E-state index is 0.106. The Balaban J connectivity index is 5.20. The molecular formula is C82H160O17P2. The highest BCUT2D eigenvalue weighted by molar-refractivity contribution is 7.47. The highest BCUT2D eigenvalue weighted by Gasteiger charge is 2.30. The molecule has 0 rings (SSSR count). The molecular weight excluding hydrogens is 1320 g/mol. The fourth-order valence-corrected chi connectivity index (χ4v) is 14.2. The number of ether oxygens (including phenoxy) is 4. The molecule has 6 atom stereocenters. The summed E-state index contributed by atoms with van der Waals surface area (Å²) in [5.74, 6) is 0.993. The van der Waals surface area contributed by atoms with Crippen molar-refractivity contribution < 1.29 is 80.2 Å². The van der Waals surface area contributed by atoms with Gasteiger partial charge in [0.05, 0.1) is 26.4 Å². The van der Waals surface area contributed by atoms with Crippen molar-refractivity contribution in [2.45, 2.75) is 440 Å². The zero-order valence-electron chi connectivity index (χ0n) is 66.5. The quantitative estimate of drug-likeness (QED) is 0.0222. The molecule has 0 aromatic carbocycles. The van der Waals surface area contributed by atoms with Crippen molar-refractivity contribution in [3.05, 3.63) is 0 Å². The molecule has 600 valence electrons. The second-order valence-corrected chi connectivity index (χ2v) is 34.1. The zero-order chi connectivity index (χ0) is 74.6. The van der Waals surface area contributed by atoms with E-state index in [9.17, 15) is 43.2 Å². The van der Waals surface area contributed by atoms with Gasteiger partial charge in [-0.15, -0.1) is 0 Å². The Morgan fingerprint density at radius 1 is 0.277 bits per heavy atom. The van der Waals surface area contributed by atoms with Gasteiger partial charge >= 0.3 is 39.5 Å². The Kier molecular flexibility index (Phi) is 69.6. The van der Waals surface area contributed by atoms with Crippen LogP contribution in [-0.2, 0) is 65.4 Å². The van der Waals surface area contributed by atoms with E-state index in [-0.39, 0.29) is 25.7 Å². The number of carbonyl (C=O) groups excluding carboxylic acids is 4. The molecule has 0 saturated carbocycles. The molecule has 19 heteroatoms. The number of hydrogen-bond donors (Lipinski definition) is 3. The summed E-state index contributed by atoms with van der Waals surface area (Å²) in [7, 11) is -9.92. The van der Waals surface area contributed by atoms with E-state index in [2.05, 4.69) is 55.4 Å². The normalized spacial score (nSPS) is 14.3. The summed E-state index contributed by atoms with van der Waals surface area (Å²) in [5.41, 5.74) is 0. The monoisotopic (exact) mass is 1480 g/mol. The maximum Gasteiger partial charge on any atom is 0.472 e. The molecule has 0 fully saturated rings. The molecule has 0 heterocycles. The van der Waals surface area contributed by atoms with Crippen molar-refractivity contribution in [1.29, 1.82) is 0 Å². The summed E-state index contributed by atoms with van der Waals surface area (Å²) in [6.07, 6.45) is 58.5. The Hall–Kier alpha value is -1.94. The smallest absolute Gasteiger partial charge is 0.462 e. The van der Waals surface area contributed by atoms with Gasteiger partial charge in [-0.05, 0) is 49.4 Å². The van der Waals surface area contributed by atoms with Gasteiger partial charge in [0, 0.05) is 25.7 Å². The van der Waals surface area contributed by atoms with Gasteiger partial charge in [-0.25, -0.2) is 9.13 Å². The van der Waals surface area contributed by atoms with Crippen LogP contribution in [0.3, 0.4) is 0 Å². The fourth-order valence-electron chi connectivity index (χ4n) is 12.6. The lowest BCUT2D eigenvalue weighted by Gasteiger charge is -2.21.